The Morgan fingerprint density at radius 3 is 2.46 bits per heavy atom. The number of benzene rings is 2. The zero-order valence-electron chi connectivity index (χ0n) is 12.3. The molecule has 0 fully saturated rings. The third-order valence-electron chi connectivity index (χ3n) is 3.40. The van der Waals surface area contributed by atoms with Gasteiger partial charge in [-0.2, -0.15) is 5.10 Å². The normalized spacial score (nSPS) is 10.5. The highest BCUT2D eigenvalue weighted by atomic mass is 35.5. The number of hydrogen-bond acceptors (Lipinski definition) is 5. The Morgan fingerprint density at radius 2 is 1.71 bits per heavy atom. The number of Topliss-reactive ketones (excluding diaryl/α,β-unsaturated/α-hetero) is 1. The predicted molar refractivity (Wildman–Crippen MR) is 88.4 cm³/mol. The van der Waals surface area contributed by atoms with Crippen molar-refractivity contribution in [3.8, 4) is 0 Å². The van der Waals surface area contributed by atoms with Crippen LogP contribution in [0.5, 0.6) is 0 Å². The minimum atomic E-state index is -0.803. The Hall–Kier alpha value is -2.99. The van der Waals surface area contributed by atoms with Crippen molar-refractivity contribution in [2.75, 3.05) is 6.61 Å². The average molecular weight is 343 g/mol. The lowest BCUT2D eigenvalue weighted by Crippen LogP contribution is -2.19. The lowest BCUT2D eigenvalue weighted by Gasteiger charge is -2.06. The van der Waals surface area contributed by atoms with Gasteiger partial charge >= 0.3 is 5.97 Å². The molecule has 0 spiro atoms. The molecule has 120 valence electrons. The first kappa shape index (κ1) is 15.9. The molecule has 1 aromatic heterocycles. The van der Waals surface area contributed by atoms with Crippen molar-refractivity contribution in [1.29, 1.82) is 0 Å². The molecule has 6 nitrogen and oxygen atoms in total. The summed E-state index contributed by atoms with van der Waals surface area (Å²) in [6.07, 6.45) is 0. The van der Waals surface area contributed by atoms with Gasteiger partial charge in [0.2, 0.25) is 5.78 Å². The van der Waals surface area contributed by atoms with E-state index >= 15 is 0 Å². The lowest BCUT2D eigenvalue weighted by molar-refractivity contribution is 0.0470. The largest absolute Gasteiger partial charge is 0.452 e. The summed E-state index contributed by atoms with van der Waals surface area (Å²) in [6.45, 7) is -0.475. The van der Waals surface area contributed by atoms with Gasteiger partial charge < -0.3 is 4.74 Å². The van der Waals surface area contributed by atoms with Crippen LogP contribution in [0, 0.1) is 0 Å². The van der Waals surface area contributed by atoms with Crippen LogP contribution in [-0.4, -0.2) is 28.6 Å². The van der Waals surface area contributed by atoms with Crippen LogP contribution in [0.2, 0.25) is 5.02 Å². The maximum absolute atomic E-state index is 12.2. The van der Waals surface area contributed by atoms with Crippen molar-refractivity contribution >= 4 is 34.1 Å². The molecular formula is C17H11ClN2O4. The average Bonchev–Trinajstić information content (AvgIpc) is 2.60. The number of ether oxygens (including phenoxy) is 1. The fourth-order valence-electron chi connectivity index (χ4n) is 2.23. The van der Waals surface area contributed by atoms with Crippen LogP contribution < -0.4 is 5.56 Å². The third kappa shape index (κ3) is 3.04. The highest BCUT2D eigenvalue weighted by Gasteiger charge is 2.18. The number of carbonyl (C=O) groups is 2. The number of H-pyrrole nitrogens is 1. The fourth-order valence-corrected chi connectivity index (χ4v) is 2.48. The zero-order valence-corrected chi connectivity index (χ0v) is 13.0. The summed E-state index contributed by atoms with van der Waals surface area (Å²) < 4.78 is 5.02. The first-order chi connectivity index (χ1) is 11.6. The number of ketones is 1. The number of carbonyl (C=O) groups excluding carboxylic acids is 2. The Labute approximate surface area is 141 Å². The molecule has 7 heteroatoms. The van der Waals surface area contributed by atoms with Gasteiger partial charge in [0, 0.05) is 10.9 Å². The minimum Gasteiger partial charge on any atom is -0.452 e. The predicted octanol–water partition coefficient (Wildman–Crippen LogP) is 2.62. The summed E-state index contributed by atoms with van der Waals surface area (Å²) in [5, 5.41) is 6.92. The van der Waals surface area contributed by atoms with E-state index in [1.807, 2.05) is 0 Å². The molecule has 3 aromatic rings. The maximum Gasteiger partial charge on any atom is 0.359 e. The molecule has 24 heavy (non-hydrogen) atoms. The fraction of sp³-hybridized carbons (Fsp3) is 0.0588. The molecule has 0 saturated carbocycles. The van der Waals surface area contributed by atoms with Gasteiger partial charge in [0.1, 0.15) is 0 Å². The number of hydrogen-bond donors (Lipinski definition) is 1. The Morgan fingerprint density at radius 1 is 1.04 bits per heavy atom. The summed E-state index contributed by atoms with van der Waals surface area (Å²) in [7, 11) is 0. The number of nitrogens with one attached hydrogen (secondary N) is 1. The quantitative estimate of drug-likeness (QED) is 0.581. The van der Waals surface area contributed by atoms with E-state index in [2.05, 4.69) is 10.2 Å². The first-order valence-electron chi connectivity index (χ1n) is 7.00. The maximum atomic E-state index is 12.2. The van der Waals surface area contributed by atoms with E-state index < -0.39 is 23.9 Å². The van der Waals surface area contributed by atoms with Gasteiger partial charge in [-0.05, 0) is 18.2 Å². The van der Waals surface area contributed by atoms with Crippen LogP contribution >= 0.6 is 11.6 Å². The molecule has 0 bridgehead atoms. The standard InChI is InChI=1S/C17H11ClN2O4/c18-13-8-4-3-7-12(13)14(21)9-24-17(23)15-10-5-1-2-6-11(10)16(22)20-19-15/h1-8H,9H2,(H,20,22). The van der Waals surface area contributed by atoms with Crippen molar-refractivity contribution in [3.05, 3.63) is 75.2 Å². The van der Waals surface area contributed by atoms with Gasteiger partial charge in [0.05, 0.1) is 10.4 Å². The molecule has 1 N–H and O–H groups in total. The van der Waals surface area contributed by atoms with E-state index in [0.717, 1.165) is 0 Å². The summed E-state index contributed by atoms with van der Waals surface area (Å²) in [5.41, 5.74) is -0.197. The molecule has 0 aliphatic heterocycles. The monoisotopic (exact) mass is 342 g/mol. The second-order valence-electron chi connectivity index (χ2n) is 4.93. The van der Waals surface area contributed by atoms with E-state index in [-0.39, 0.29) is 16.3 Å². The van der Waals surface area contributed by atoms with Gasteiger partial charge in [-0.1, -0.05) is 41.9 Å². The number of esters is 1. The van der Waals surface area contributed by atoms with Crippen LogP contribution in [0.4, 0.5) is 0 Å². The van der Waals surface area contributed by atoms with Crippen molar-refractivity contribution < 1.29 is 14.3 Å². The van der Waals surface area contributed by atoms with Crippen LogP contribution in [0.1, 0.15) is 20.8 Å². The highest BCUT2D eigenvalue weighted by molar-refractivity contribution is 6.34. The lowest BCUT2D eigenvalue weighted by atomic mass is 10.1. The van der Waals surface area contributed by atoms with Gasteiger partial charge in [-0.25, -0.2) is 9.89 Å². The van der Waals surface area contributed by atoms with Crippen LogP contribution in [0.25, 0.3) is 10.8 Å². The number of aromatic nitrogens is 2. The molecule has 0 aliphatic rings. The van der Waals surface area contributed by atoms with Crippen LogP contribution in [0.3, 0.4) is 0 Å². The molecule has 0 unspecified atom stereocenters. The highest BCUT2D eigenvalue weighted by Crippen LogP contribution is 2.16. The Balaban J connectivity index is 1.82. The Bertz CT molecular complexity index is 997. The summed E-state index contributed by atoms with van der Waals surface area (Å²) in [5.74, 6) is -1.23. The summed E-state index contributed by atoms with van der Waals surface area (Å²) in [6, 6.07) is 13.0. The van der Waals surface area contributed by atoms with E-state index in [4.69, 9.17) is 16.3 Å². The van der Waals surface area contributed by atoms with Crippen molar-refractivity contribution in [1.82, 2.24) is 10.2 Å². The molecule has 3 rings (SSSR count). The number of fused-ring (bicyclic) bond motifs is 1. The second-order valence-corrected chi connectivity index (χ2v) is 5.33. The van der Waals surface area contributed by atoms with Crippen molar-refractivity contribution in [2.45, 2.75) is 0 Å². The van der Waals surface area contributed by atoms with Crippen LogP contribution in [-0.2, 0) is 4.74 Å². The number of rotatable bonds is 4. The van der Waals surface area contributed by atoms with Crippen molar-refractivity contribution in [3.63, 3.8) is 0 Å². The smallest absolute Gasteiger partial charge is 0.359 e. The van der Waals surface area contributed by atoms with E-state index in [0.29, 0.717) is 10.8 Å². The van der Waals surface area contributed by atoms with Gasteiger partial charge in [-0.15, -0.1) is 0 Å². The van der Waals surface area contributed by atoms with E-state index in [1.54, 1.807) is 48.5 Å². The summed E-state index contributed by atoms with van der Waals surface area (Å²) in [4.78, 5) is 36.0. The van der Waals surface area contributed by atoms with E-state index in [9.17, 15) is 14.4 Å². The first-order valence-corrected chi connectivity index (χ1v) is 7.38. The number of nitrogens with zero attached hydrogens (tertiary/aromatic N) is 1. The molecule has 0 radical (unpaired) electrons. The minimum absolute atomic E-state index is 0.0582. The molecule has 0 saturated heterocycles. The topological polar surface area (TPSA) is 89.1 Å². The zero-order chi connectivity index (χ0) is 17.1. The van der Waals surface area contributed by atoms with Gasteiger partial charge in [0.15, 0.2) is 12.3 Å². The molecular weight excluding hydrogens is 332 g/mol. The van der Waals surface area contributed by atoms with Gasteiger partial charge in [0.25, 0.3) is 5.56 Å². The molecule has 0 amide bonds. The molecule has 0 atom stereocenters. The van der Waals surface area contributed by atoms with E-state index in [1.165, 1.54) is 0 Å². The summed E-state index contributed by atoms with van der Waals surface area (Å²) >= 11 is 5.93. The third-order valence-corrected chi connectivity index (χ3v) is 3.73. The van der Waals surface area contributed by atoms with Crippen LogP contribution in [0.15, 0.2) is 53.3 Å². The Kier molecular flexibility index (Phi) is 4.39. The molecule has 1 heterocycles. The SMILES string of the molecule is O=C(COC(=O)c1n[nH]c(=O)c2ccccc12)c1ccccc1Cl. The van der Waals surface area contributed by atoms with Crippen molar-refractivity contribution in [2.24, 2.45) is 0 Å². The molecule has 0 aliphatic carbocycles. The number of halogens is 1. The second kappa shape index (κ2) is 6.64. The number of aromatic amines is 1. The van der Waals surface area contributed by atoms with Gasteiger partial charge in [-0.3, -0.25) is 9.59 Å². The molecule has 2 aromatic carbocycles.